The van der Waals surface area contributed by atoms with Crippen molar-refractivity contribution in [2.24, 2.45) is 0 Å². The van der Waals surface area contributed by atoms with E-state index in [-0.39, 0.29) is 0 Å². The molecule has 65 heavy (non-hydrogen) atoms. The molecule has 0 radical (unpaired) electrons. The van der Waals surface area contributed by atoms with Crippen molar-refractivity contribution >= 4 is 77.6 Å². The lowest BCUT2D eigenvalue weighted by Crippen LogP contribution is -2.10. The summed E-state index contributed by atoms with van der Waals surface area (Å²) in [5, 5.41) is 6.72. The molecule has 1 aromatic heterocycles. The summed E-state index contributed by atoms with van der Waals surface area (Å²) < 4.78 is 6.94. The van der Waals surface area contributed by atoms with Crippen molar-refractivity contribution < 1.29 is 4.42 Å². The molecule has 0 spiro atoms. The van der Waals surface area contributed by atoms with E-state index in [9.17, 15) is 0 Å². The normalized spacial score (nSPS) is 11.4. The number of rotatable bonds is 9. The molecule has 0 atom stereocenters. The van der Waals surface area contributed by atoms with Crippen LogP contribution < -0.4 is 9.80 Å². The Morgan fingerprint density at radius 1 is 0.277 bits per heavy atom. The molecule has 12 rings (SSSR count). The van der Waals surface area contributed by atoms with Crippen molar-refractivity contribution in [2.75, 3.05) is 9.80 Å². The van der Waals surface area contributed by atoms with Gasteiger partial charge in [0.2, 0.25) is 0 Å². The Bertz CT molecular complexity index is 3550. The van der Waals surface area contributed by atoms with Gasteiger partial charge in [-0.25, -0.2) is 0 Å². The SMILES string of the molecule is c1ccc(-c2ccc(N(c3ccc(-c4ccccc4)cc3)c3cc4c(oc5cccc(-c6cccc(N(c7ccccc7)c7cccc8ccccc78)c6)c54)c4ccccc34)cc2)cc1. The monoisotopic (exact) mass is 830 g/mol. The number of para-hydroxylation sites is 1. The van der Waals surface area contributed by atoms with Gasteiger partial charge in [0.15, 0.2) is 0 Å². The first-order chi connectivity index (χ1) is 32.2. The number of fused-ring (bicyclic) bond motifs is 6. The molecular weight excluding hydrogens is 789 g/mol. The van der Waals surface area contributed by atoms with Crippen LogP contribution in [0.15, 0.2) is 259 Å². The van der Waals surface area contributed by atoms with Crippen LogP contribution in [0.3, 0.4) is 0 Å². The van der Waals surface area contributed by atoms with Crippen LogP contribution in [-0.2, 0) is 0 Å². The van der Waals surface area contributed by atoms with Gasteiger partial charge < -0.3 is 14.2 Å². The van der Waals surface area contributed by atoms with E-state index in [0.717, 1.165) is 78.0 Å². The van der Waals surface area contributed by atoms with Gasteiger partial charge in [-0.3, -0.25) is 0 Å². The second kappa shape index (κ2) is 16.2. The lowest BCUT2D eigenvalue weighted by Gasteiger charge is -2.27. The minimum Gasteiger partial charge on any atom is -0.455 e. The molecule has 0 fully saturated rings. The first-order valence-corrected chi connectivity index (χ1v) is 22.2. The van der Waals surface area contributed by atoms with Gasteiger partial charge in [-0.1, -0.05) is 188 Å². The van der Waals surface area contributed by atoms with E-state index in [1.54, 1.807) is 0 Å². The van der Waals surface area contributed by atoms with Gasteiger partial charge in [0.1, 0.15) is 11.2 Å². The Kier molecular flexibility index (Phi) is 9.50. The van der Waals surface area contributed by atoms with Crippen LogP contribution in [0.1, 0.15) is 0 Å². The topological polar surface area (TPSA) is 19.6 Å². The van der Waals surface area contributed by atoms with Crippen LogP contribution in [0, 0.1) is 0 Å². The predicted molar refractivity (Wildman–Crippen MR) is 274 cm³/mol. The lowest BCUT2D eigenvalue weighted by atomic mass is 9.96. The summed E-state index contributed by atoms with van der Waals surface area (Å²) in [6, 6.07) is 91.2. The van der Waals surface area contributed by atoms with Crippen molar-refractivity contribution in [1.29, 1.82) is 0 Å². The largest absolute Gasteiger partial charge is 0.455 e. The third-order valence-corrected chi connectivity index (χ3v) is 12.6. The second-order valence-corrected chi connectivity index (χ2v) is 16.5. The highest BCUT2D eigenvalue weighted by atomic mass is 16.3. The quantitative estimate of drug-likeness (QED) is 0.144. The van der Waals surface area contributed by atoms with Crippen LogP contribution in [0.5, 0.6) is 0 Å². The third-order valence-electron chi connectivity index (χ3n) is 12.6. The zero-order valence-electron chi connectivity index (χ0n) is 35.6. The molecule has 0 aliphatic rings. The van der Waals surface area contributed by atoms with Crippen molar-refractivity contribution in [3.8, 4) is 33.4 Å². The fraction of sp³-hybridized carbons (Fsp3) is 0. The highest BCUT2D eigenvalue weighted by Crippen LogP contribution is 2.48. The number of hydrogen-bond acceptors (Lipinski definition) is 3. The molecule has 3 nitrogen and oxygen atoms in total. The summed E-state index contributed by atoms with van der Waals surface area (Å²) in [4.78, 5) is 4.77. The summed E-state index contributed by atoms with van der Waals surface area (Å²) >= 11 is 0. The smallest absolute Gasteiger partial charge is 0.143 e. The fourth-order valence-electron chi connectivity index (χ4n) is 9.57. The van der Waals surface area contributed by atoms with Gasteiger partial charge in [-0.2, -0.15) is 0 Å². The third kappa shape index (κ3) is 6.87. The molecule has 1 heterocycles. The van der Waals surface area contributed by atoms with E-state index >= 15 is 0 Å². The molecule has 0 saturated heterocycles. The summed E-state index contributed by atoms with van der Waals surface area (Å²) in [6.45, 7) is 0. The Morgan fingerprint density at radius 2 is 0.754 bits per heavy atom. The average Bonchev–Trinajstić information content (AvgIpc) is 3.77. The average molecular weight is 831 g/mol. The van der Waals surface area contributed by atoms with Gasteiger partial charge in [0.25, 0.3) is 0 Å². The molecule has 0 N–H and O–H groups in total. The number of anilines is 6. The Balaban J connectivity index is 1.06. The van der Waals surface area contributed by atoms with E-state index in [2.05, 4.69) is 265 Å². The predicted octanol–water partition coefficient (Wildman–Crippen LogP) is 17.8. The summed E-state index contributed by atoms with van der Waals surface area (Å²) in [5.74, 6) is 0. The van der Waals surface area contributed by atoms with Gasteiger partial charge >= 0.3 is 0 Å². The molecule has 0 bridgehead atoms. The molecule has 12 aromatic rings. The molecule has 0 aliphatic heterocycles. The fourth-order valence-corrected chi connectivity index (χ4v) is 9.57. The van der Waals surface area contributed by atoms with E-state index in [1.807, 2.05) is 0 Å². The van der Waals surface area contributed by atoms with Crippen molar-refractivity contribution in [3.63, 3.8) is 0 Å². The highest BCUT2D eigenvalue weighted by molar-refractivity contribution is 6.22. The minimum absolute atomic E-state index is 0.852. The van der Waals surface area contributed by atoms with E-state index < -0.39 is 0 Å². The zero-order chi connectivity index (χ0) is 43.1. The highest BCUT2D eigenvalue weighted by Gasteiger charge is 2.23. The second-order valence-electron chi connectivity index (χ2n) is 16.5. The summed E-state index contributed by atoms with van der Waals surface area (Å²) in [5.41, 5.74) is 15.2. The molecule has 0 aliphatic carbocycles. The first-order valence-electron chi connectivity index (χ1n) is 22.2. The van der Waals surface area contributed by atoms with Gasteiger partial charge in [-0.05, 0) is 105 Å². The number of hydrogen-bond donors (Lipinski definition) is 0. The molecule has 306 valence electrons. The van der Waals surface area contributed by atoms with Crippen LogP contribution in [-0.4, -0.2) is 0 Å². The van der Waals surface area contributed by atoms with Crippen LogP contribution in [0.2, 0.25) is 0 Å². The van der Waals surface area contributed by atoms with Crippen molar-refractivity contribution in [3.05, 3.63) is 255 Å². The Morgan fingerprint density at radius 3 is 1.43 bits per heavy atom. The maximum Gasteiger partial charge on any atom is 0.143 e. The Labute approximate surface area is 378 Å². The van der Waals surface area contributed by atoms with Crippen LogP contribution >= 0.6 is 0 Å². The maximum absolute atomic E-state index is 6.94. The zero-order valence-corrected chi connectivity index (χ0v) is 35.6. The van der Waals surface area contributed by atoms with Gasteiger partial charge in [0.05, 0.1) is 11.4 Å². The number of furan rings is 1. The van der Waals surface area contributed by atoms with Crippen molar-refractivity contribution in [2.45, 2.75) is 0 Å². The van der Waals surface area contributed by atoms with E-state index in [1.165, 1.54) is 33.0 Å². The standard InChI is InChI=1S/C62H42N2O/c1-4-17-43(18-5-1)45-33-37-50(38-34-45)63(51-39-35-46(36-40-51)44-19-6-2-7-20-44)59-42-57-61-54(30-16-32-60(61)65-62(57)56-29-13-12-28-55(56)59)48-23-14-26-52(41-48)64(49-24-8-3-9-25-49)58-31-15-22-47-21-10-11-27-53(47)58/h1-42H. The summed E-state index contributed by atoms with van der Waals surface area (Å²) in [7, 11) is 0. The number of nitrogens with zero attached hydrogens (tertiary/aromatic N) is 2. The van der Waals surface area contributed by atoms with Crippen LogP contribution in [0.25, 0.3) is 76.9 Å². The molecule has 3 heteroatoms. The summed E-state index contributed by atoms with van der Waals surface area (Å²) in [6.07, 6.45) is 0. The van der Waals surface area contributed by atoms with Gasteiger partial charge in [0, 0.05) is 49.7 Å². The molecular formula is C62H42N2O. The van der Waals surface area contributed by atoms with Crippen molar-refractivity contribution in [1.82, 2.24) is 0 Å². The van der Waals surface area contributed by atoms with Crippen LogP contribution in [0.4, 0.5) is 34.1 Å². The molecule has 0 unspecified atom stereocenters. The van der Waals surface area contributed by atoms with Gasteiger partial charge in [-0.15, -0.1) is 0 Å². The Hall–Kier alpha value is -8.66. The number of benzene rings is 11. The van der Waals surface area contributed by atoms with E-state index in [0.29, 0.717) is 0 Å². The minimum atomic E-state index is 0.852. The van der Waals surface area contributed by atoms with E-state index in [4.69, 9.17) is 4.42 Å². The lowest BCUT2D eigenvalue weighted by molar-refractivity contribution is 0.673. The molecule has 0 amide bonds. The molecule has 11 aromatic carbocycles. The first kappa shape index (κ1) is 38.0. The maximum atomic E-state index is 6.94. The molecule has 0 saturated carbocycles.